The minimum Gasteiger partial charge on any atom is -0.454 e. The largest absolute Gasteiger partial charge is 0.454 e. The molecule has 0 spiro atoms. The number of carbonyl (C=O) groups is 1. The maximum atomic E-state index is 12.1. The van der Waals surface area contributed by atoms with Crippen molar-refractivity contribution in [3.05, 3.63) is 71.8 Å². The number of ether oxygens (including phenoxy) is 1. The van der Waals surface area contributed by atoms with Gasteiger partial charge in [-0.3, -0.25) is 4.79 Å². The third-order valence-corrected chi connectivity index (χ3v) is 5.42. The fourth-order valence-corrected chi connectivity index (χ4v) is 4.13. The van der Waals surface area contributed by atoms with Gasteiger partial charge in [-0.15, -0.1) is 0 Å². The third kappa shape index (κ3) is 4.34. The van der Waals surface area contributed by atoms with Gasteiger partial charge < -0.3 is 9.64 Å². The molecule has 1 heterocycles. The van der Waals surface area contributed by atoms with Gasteiger partial charge in [-0.25, -0.2) is 0 Å². The maximum Gasteiger partial charge on any atom is 0.303 e. The highest BCUT2D eigenvalue weighted by atomic mass is 16.6. The van der Waals surface area contributed by atoms with Crippen molar-refractivity contribution in [2.45, 2.75) is 38.7 Å². The molecule has 2 aromatic carbocycles. The summed E-state index contributed by atoms with van der Waals surface area (Å²) in [4.78, 5) is 14.6. The molecule has 0 amide bonds. The zero-order valence-electron chi connectivity index (χ0n) is 15.9. The zero-order valence-corrected chi connectivity index (χ0v) is 15.9. The molecule has 26 heavy (non-hydrogen) atoms. The number of benzene rings is 2. The first-order valence-corrected chi connectivity index (χ1v) is 9.61. The molecule has 3 nitrogen and oxygen atoms in total. The van der Waals surface area contributed by atoms with Gasteiger partial charge in [-0.2, -0.15) is 0 Å². The number of carbonyl (C=O) groups excluding carboxylic acids is 1. The first-order valence-electron chi connectivity index (χ1n) is 9.61. The van der Waals surface area contributed by atoms with Gasteiger partial charge in [0, 0.05) is 25.8 Å². The van der Waals surface area contributed by atoms with Crippen LogP contribution in [0, 0.1) is 5.92 Å². The van der Waals surface area contributed by atoms with E-state index < -0.39 is 5.60 Å². The number of hydrogen-bond donors (Lipinski definition) is 0. The van der Waals surface area contributed by atoms with Crippen LogP contribution < -0.4 is 0 Å². The van der Waals surface area contributed by atoms with E-state index in [1.165, 1.54) is 25.3 Å². The maximum absolute atomic E-state index is 12.1. The SMILES string of the molecule is CC(=O)O[C@](Cc1ccccc1)(c1ccccc1)[C@H](C)CN1CCCC1. The highest BCUT2D eigenvalue weighted by Crippen LogP contribution is 2.38. The quantitative estimate of drug-likeness (QED) is 0.692. The summed E-state index contributed by atoms with van der Waals surface area (Å²) in [7, 11) is 0. The number of nitrogens with zero attached hydrogens (tertiary/aromatic N) is 1. The van der Waals surface area contributed by atoms with Crippen molar-refractivity contribution in [1.29, 1.82) is 0 Å². The fraction of sp³-hybridized carbons (Fsp3) is 0.435. The van der Waals surface area contributed by atoms with Crippen LogP contribution in [0.3, 0.4) is 0 Å². The van der Waals surface area contributed by atoms with Crippen LogP contribution in [0.15, 0.2) is 60.7 Å². The molecule has 3 rings (SSSR count). The normalized spacial score (nSPS) is 18.2. The van der Waals surface area contributed by atoms with Crippen LogP contribution in [0.4, 0.5) is 0 Å². The summed E-state index contributed by atoms with van der Waals surface area (Å²) in [5.41, 5.74) is 1.61. The molecule has 0 aliphatic carbocycles. The van der Waals surface area contributed by atoms with Crippen LogP contribution in [-0.4, -0.2) is 30.5 Å². The summed E-state index contributed by atoms with van der Waals surface area (Å²) < 4.78 is 6.13. The van der Waals surface area contributed by atoms with Gasteiger partial charge >= 0.3 is 5.97 Å². The molecule has 138 valence electrons. The van der Waals surface area contributed by atoms with Crippen LogP contribution >= 0.6 is 0 Å². The Balaban J connectivity index is 1.99. The first-order chi connectivity index (χ1) is 12.6. The van der Waals surface area contributed by atoms with Crippen LogP contribution in [0.1, 0.15) is 37.8 Å². The molecule has 0 bridgehead atoms. The second-order valence-electron chi connectivity index (χ2n) is 7.42. The molecule has 1 fully saturated rings. The van der Waals surface area contributed by atoms with E-state index in [9.17, 15) is 4.79 Å². The van der Waals surface area contributed by atoms with E-state index >= 15 is 0 Å². The monoisotopic (exact) mass is 351 g/mol. The molecule has 2 atom stereocenters. The Kier molecular flexibility index (Phi) is 6.10. The van der Waals surface area contributed by atoms with Gasteiger partial charge in [0.1, 0.15) is 5.60 Å². The van der Waals surface area contributed by atoms with Crippen LogP contribution in [0.2, 0.25) is 0 Å². The summed E-state index contributed by atoms with van der Waals surface area (Å²) in [6.45, 7) is 6.96. The Hall–Kier alpha value is -2.13. The molecule has 1 aliphatic heterocycles. The Morgan fingerprint density at radius 2 is 1.62 bits per heavy atom. The van der Waals surface area contributed by atoms with E-state index in [-0.39, 0.29) is 11.9 Å². The standard InChI is InChI=1S/C23H29NO2/c1-19(18-24-15-9-10-16-24)23(26-20(2)25,22-13-7-4-8-14-22)17-21-11-5-3-6-12-21/h3-8,11-14,19H,9-10,15-18H2,1-2H3/t19-,23+/m1/s1. The van der Waals surface area contributed by atoms with Crippen molar-refractivity contribution < 1.29 is 9.53 Å². The number of hydrogen-bond acceptors (Lipinski definition) is 3. The van der Waals surface area contributed by atoms with E-state index in [0.29, 0.717) is 6.42 Å². The Morgan fingerprint density at radius 1 is 1.04 bits per heavy atom. The third-order valence-electron chi connectivity index (χ3n) is 5.42. The Morgan fingerprint density at radius 3 is 2.19 bits per heavy atom. The molecule has 0 N–H and O–H groups in total. The molecule has 0 radical (unpaired) electrons. The highest BCUT2D eigenvalue weighted by Gasteiger charge is 2.42. The van der Waals surface area contributed by atoms with Crippen molar-refractivity contribution in [2.24, 2.45) is 5.92 Å². The van der Waals surface area contributed by atoms with E-state index in [1.807, 2.05) is 36.4 Å². The van der Waals surface area contributed by atoms with Crippen LogP contribution in [-0.2, 0) is 21.6 Å². The molecular formula is C23H29NO2. The van der Waals surface area contributed by atoms with E-state index in [2.05, 4.69) is 36.1 Å². The lowest BCUT2D eigenvalue weighted by Gasteiger charge is -2.40. The highest BCUT2D eigenvalue weighted by molar-refractivity contribution is 5.67. The van der Waals surface area contributed by atoms with Crippen molar-refractivity contribution in [3.63, 3.8) is 0 Å². The lowest BCUT2D eigenvalue weighted by Crippen LogP contribution is -2.45. The van der Waals surface area contributed by atoms with Gasteiger partial charge in [-0.05, 0) is 37.1 Å². The average Bonchev–Trinajstić information content (AvgIpc) is 3.15. The van der Waals surface area contributed by atoms with Crippen molar-refractivity contribution in [3.8, 4) is 0 Å². The predicted molar refractivity (Wildman–Crippen MR) is 105 cm³/mol. The average molecular weight is 351 g/mol. The van der Waals surface area contributed by atoms with Gasteiger partial charge in [0.05, 0.1) is 0 Å². The molecule has 2 aromatic rings. The number of likely N-dealkylation sites (tertiary alicyclic amines) is 1. The lowest BCUT2D eigenvalue weighted by molar-refractivity contribution is -0.166. The van der Waals surface area contributed by atoms with Gasteiger partial charge in [0.25, 0.3) is 0 Å². The molecule has 1 aliphatic rings. The summed E-state index contributed by atoms with van der Waals surface area (Å²) in [6.07, 6.45) is 3.21. The molecule has 0 aromatic heterocycles. The van der Waals surface area contributed by atoms with Crippen molar-refractivity contribution >= 4 is 5.97 Å². The molecule has 3 heteroatoms. The van der Waals surface area contributed by atoms with Crippen LogP contribution in [0.25, 0.3) is 0 Å². The Bertz CT molecular complexity index is 695. The number of rotatable bonds is 7. The molecule has 1 saturated heterocycles. The zero-order chi connectivity index (χ0) is 18.4. The smallest absolute Gasteiger partial charge is 0.303 e. The minimum absolute atomic E-state index is 0.187. The van der Waals surface area contributed by atoms with Gasteiger partial charge in [-0.1, -0.05) is 67.6 Å². The molecular weight excluding hydrogens is 322 g/mol. The molecule has 0 saturated carbocycles. The second kappa shape index (κ2) is 8.50. The summed E-state index contributed by atoms with van der Waals surface area (Å²) in [5.74, 6) is -0.0369. The number of esters is 1. The van der Waals surface area contributed by atoms with Crippen molar-refractivity contribution in [2.75, 3.05) is 19.6 Å². The first kappa shape index (κ1) is 18.7. The van der Waals surface area contributed by atoms with Gasteiger partial charge in [0.15, 0.2) is 0 Å². The predicted octanol–water partition coefficient (Wildman–Crippen LogP) is 4.42. The minimum atomic E-state index is -0.656. The second-order valence-corrected chi connectivity index (χ2v) is 7.42. The van der Waals surface area contributed by atoms with E-state index in [1.54, 1.807) is 0 Å². The topological polar surface area (TPSA) is 29.5 Å². The van der Waals surface area contributed by atoms with Crippen molar-refractivity contribution in [1.82, 2.24) is 4.90 Å². The van der Waals surface area contributed by atoms with E-state index in [4.69, 9.17) is 4.74 Å². The molecule has 0 unspecified atom stereocenters. The Labute approximate surface area is 157 Å². The summed E-state index contributed by atoms with van der Waals surface area (Å²) in [6, 6.07) is 20.6. The van der Waals surface area contributed by atoms with E-state index in [0.717, 1.165) is 25.2 Å². The summed E-state index contributed by atoms with van der Waals surface area (Å²) >= 11 is 0. The summed E-state index contributed by atoms with van der Waals surface area (Å²) in [5, 5.41) is 0. The fourth-order valence-electron chi connectivity index (χ4n) is 4.13. The van der Waals surface area contributed by atoms with Crippen LogP contribution in [0.5, 0.6) is 0 Å². The van der Waals surface area contributed by atoms with Gasteiger partial charge in [0.2, 0.25) is 0 Å². The lowest BCUT2D eigenvalue weighted by atomic mass is 9.77.